The summed E-state index contributed by atoms with van der Waals surface area (Å²) in [6.07, 6.45) is -0.896. The zero-order valence-corrected chi connectivity index (χ0v) is 19.6. The zero-order valence-electron chi connectivity index (χ0n) is 18.8. The van der Waals surface area contributed by atoms with Crippen LogP contribution >= 0.6 is 11.3 Å². The van der Waals surface area contributed by atoms with Crippen LogP contribution in [0.3, 0.4) is 0 Å². The standard InChI is InChI=1S/C25H27F3N2O2S/c1-15-10-12-30(13-11-15)22(18-6-8-19(9-7-18)25(26,27)28)21-16(2)17(3)33-24(21)29-23(31)20-5-4-14-32-20/h4-9,14-15,22H,10-13H2,1-3H3,(H,29,31)/t22-/m0/s1. The second-order valence-corrected chi connectivity index (χ2v) is 9.92. The predicted octanol–water partition coefficient (Wildman–Crippen LogP) is 7.05. The number of hydrogen-bond acceptors (Lipinski definition) is 4. The van der Waals surface area contributed by atoms with Crippen molar-refractivity contribution in [1.29, 1.82) is 0 Å². The number of anilines is 1. The Morgan fingerprint density at radius 1 is 1.15 bits per heavy atom. The van der Waals surface area contributed by atoms with Crippen LogP contribution < -0.4 is 5.32 Å². The van der Waals surface area contributed by atoms with E-state index in [1.54, 1.807) is 24.3 Å². The first-order chi connectivity index (χ1) is 15.6. The molecule has 0 radical (unpaired) electrons. The number of thiophene rings is 1. The van der Waals surface area contributed by atoms with Crippen molar-refractivity contribution in [2.75, 3.05) is 18.4 Å². The van der Waals surface area contributed by atoms with Crippen LogP contribution in [0, 0.1) is 19.8 Å². The van der Waals surface area contributed by atoms with Crippen molar-refractivity contribution >= 4 is 22.2 Å². The van der Waals surface area contributed by atoms with Crippen LogP contribution in [0.5, 0.6) is 0 Å². The minimum absolute atomic E-state index is 0.211. The molecule has 1 atom stereocenters. The highest BCUT2D eigenvalue weighted by Gasteiger charge is 2.34. The SMILES string of the molecule is Cc1sc(NC(=O)c2ccco2)c([C@H](c2ccc(C(F)(F)F)cc2)N2CCC(C)CC2)c1C. The predicted molar refractivity (Wildman–Crippen MR) is 124 cm³/mol. The number of halogens is 3. The van der Waals surface area contributed by atoms with E-state index in [9.17, 15) is 18.0 Å². The topological polar surface area (TPSA) is 45.5 Å². The second-order valence-electron chi connectivity index (χ2n) is 8.70. The van der Waals surface area contributed by atoms with Gasteiger partial charge in [-0.05, 0) is 81.1 Å². The van der Waals surface area contributed by atoms with Crippen molar-refractivity contribution in [1.82, 2.24) is 4.90 Å². The summed E-state index contributed by atoms with van der Waals surface area (Å²) in [4.78, 5) is 16.1. The lowest BCUT2D eigenvalue weighted by atomic mass is 9.90. The number of furan rings is 1. The Labute approximate surface area is 195 Å². The van der Waals surface area contributed by atoms with E-state index in [0.29, 0.717) is 10.9 Å². The van der Waals surface area contributed by atoms with Gasteiger partial charge in [0.25, 0.3) is 5.91 Å². The van der Waals surface area contributed by atoms with E-state index in [2.05, 4.69) is 17.1 Å². The Morgan fingerprint density at radius 2 is 1.82 bits per heavy atom. The van der Waals surface area contributed by atoms with E-state index in [-0.39, 0.29) is 17.7 Å². The van der Waals surface area contributed by atoms with Gasteiger partial charge >= 0.3 is 6.18 Å². The van der Waals surface area contributed by atoms with Gasteiger partial charge in [-0.25, -0.2) is 0 Å². The molecule has 1 aromatic carbocycles. The smallest absolute Gasteiger partial charge is 0.416 e. The van der Waals surface area contributed by atoms with Gasteiger partial charge in [-0.2, -0.15) is 13.2 Å². The van der Waals surface area contributed by atoms with E-state index >= 15 is 0 Å². The zero-order chi connectivity index (χ0) is 23.8. The largest absolute Gasteiger partial charge is 0.459 e. The molecule has 3 aromatic rings. The molecule has 1 amide bonds. The Hall–Kier alpha value is -2.58. The van der Waals surface area contributed by atoms with Crippen molar-refractivity contribution in [2.45, 2.75) is 45.8 Å². The van der Waals surface area contributed by atoms with Gasteiger partial charge in [0.2, 0.25) is 0 Å². The van der Waals surface area contributed by atoms with Gasteiger partial charge in [-0.1, -0.05) is 19.1 Å². The molecule has 1 saturated heterocycles. The fourth-order valence-corrected chi connectivity index (χ4v) is 5.43. The van der Waals surface area contributed by atoms with Crippen molar-refractivity contribution < 1.29 is 22.4 Å². The van der Waals surface area contributed by atoms with Crippen LogP contribution in [-0.2, 0) is 6.18 Å². The van der Waals surface area contributed by atoms with E-state index in [1.807, 2.05) is 13.8 Å². The van der Waals surface area contributed by atoms with Crippen molar-refractivity contribution in [3.05, 3.63) is 75.6 Å². The van der Waals surface area contributed by atoms with Gasteiger partial charge in [0.05, 0.1) is 17.9 Å². The normalized spacial score (nSPS) is 16.7. The summed E-state index contributed by atoms with van der Waals surface area (Å²) in [5.41, 5.74) is 2.10. The van der Waals surface area contributed by atoms with Gasteiger partial charge < -0.3 is 9.73 Å². The number of piperidine rings is 1. The van der Waals surface area contributed by atoms with E-state index in [4.69, 9.17) is 4.42 Å². The second kappa shape index (κ2) is 9.35. The number of carbonyl (C=O) groups excluding carboxylic acids is 1. The molecular weight excluding hydrogens is 449 g/mol. The minimum atomic E-state index is -4.38. The Balaban J connectivity index is 1.76. The highest BCUT2D eigenvalue weighted by Crippen LogP contribution is 2.44. The third-order valence-electron chi connectivity index (χ3n) is 6.41. The van der Waals surface area contributed by atoms with Crippen molar-refractivity contribution in [3.63, 3.8) is 0 Å². The number of rotatable bonds is 5. The first-order valence-corrected chi connectivity index (χ1v) is 11.8. The number of nitrogens with one attached hydrogen (secondary N) is 1. The highest BCUT2D eigenvalue weighted by molar-refractivity contribution is 7.16. The Bertz CT molecular complexity index is 1100. The van der Waals surface area contributed by atoms with Crippen molar-refractivity contribution in [2.24, 2.45) is 5.92 Å². The van der Waals surface area contributed by atoms with Crippen LogP contribution in [0.1, 0.15) is 63.5 Å². The monoisotopic (exact) mass is 476 g/mol. The molecule has 8 heteroatoms. The molecule has 3 heterocycles. The van der Waals surface area contributed by atoms with Crippen LogP contribution in [0.4, 0.5) is 18.2 Å². The van der Waals surface area contributed by atoms with Gasteiger partial charge in [-0.3, -0.25) is 9.69 Å². The molecule has 1 fully saturated rings. The van der Waals surface area contributed by atoms with Crippen LogP contribution in [-0.4, -0.2) is 23.9 Å². The molecule has 0 saturated carbocycles. The van der Waals surface area contributed by atoms with Crippen LogP contribution in [0.2, 0.25) is 0 Å². The van der Waals surface area contributed by atoms with Gasteiger partial charge in [-0.15, -0.1) is 11.3 Å². The van der Waals surface area contributed by atoms with Crippen molar-refractivity contribution in [3.8, 4) is 0 Å². The van der Waals surface area contributed by atoms with E-state index in [0.717, 1.165) is 59.6 Å². The molecule has 4 nitrogen and oxygen atoms in total. The molecule has 0 spiro atoms. The quantitative estimate of drug-likeness (QED) is 0.429. The Morgan fingerprint density at radius 3 is 2.39 bits per heavy atom. The molecule has 4 rings (SSSR count). The molecular formula is C25H27F3N2O2S. The average Bonchev–Trinajstić information content (AvgIpc) is 3.40. The Kier molecular flexibility index (Phi) is 6.68. The summed E-state index contributed by atoms with van der Waals surface area (Å²) in [5.74, 6) is 0.474. The summed E-state index contributed by atoms with van der Waals surface area (Å²) >= 11 is 1.48. The third kappa shape index (κ3) is 5.01. The summed E-state index contributed by atoms with van der Waals surface area (Å²) in [5, 5.41) is 3.69. The van der Waals surface area contributed by atoms with Crippen LogP contribution in [0.25, 0.3) is 0 Å². The molecule has 1 N–H and O–H groups in total. The molecule has 0 unspecified atom stereocenters. The van der Waals surface area contributed by atoms with E-state index in [1.165, 1.54) is 17.6 Å². The number of nitrogens with zero attached hydrogens (tertiary/aromatic N) is 1. The number of likely N-dealkylation sites (tertiary alicyclic amines) is 1. The molecule has 2 aromatic heterocycles. The number of alkyl halides is 3. The third-order valence-corrected chi connectivity index (χ3v) is 7.55. The molecule has 0 aliphatic carbocycles. The number of aryl methyl sites for hydroxylation is 1. The molecule has 176 valence electrons. The average molecular weight is 477 g/mol. The summed E-state index contributed by atoms with van der Waals surface area (Å²) in [7, 11) is 0. The maximum Gasteiger partial charge on any atom is 0.416 e. The highest BCUT2D eigenvalue weighted by atomic mass is 32.1. The van der Waals surface area contributed by atoms with Gasteiger partial charge in [0, 0.05) is 10.4 Å². The number of hydrogen-bond donors (Lipinski definition) is 1. The molecule has 1 aliphatic heterocycles. The maximum absolute atomic E-state index is 13.2. The number of carbonyl (C=O) groups is 1. The lowest BCUT2D eigenvalue weighted by molar-refractivity contribution is -0.137. The first-order valence-electron chi connectivity index (χ1n) is 11.0. The summed E-state index contributed by atoms with van der Waals surface area (Å²) < 4.78 is 44.8. The fourth-order valence-electron chi connectivity index (χ4n) is 4.34. The number of benzene rings is 1. The summed E-state index contributed by atoms with van der Waals surface area (Å²) in [6, 6.07) is 8.42. The van der Waals surface area contributed by atoms with Crippen LogP contribution in [0.15, 0.2) is 47.1 Å². The van der Waals surface area contributed by atoms with Gasteiger partial charge in [0.15, 0.2) is 5.76 Å². The van der Waals surface area contributed by atoms with E-state index < -0.39 is 11.7 Å². The fraction of sp³-hybridized carbons (Fsp3) is 0.400. The molecule has 1 aliphatic rings. The lowest BCUT2D eigenvalue weighted by Crippen LogP contribution is -2.37. The minimum Gasteiger partial charge on any atom is -0.459 e. The maximum atomic E-state index is 13.2. The lowest BCUT2D eigenvalue weighted by Gasteiger charge is -2.38. The number of amides is 1. The molecule has 33 heavy (non-hydrogen) atoms. The summed E-state index contributed by atoms with van der Waals surface area (Å²) in [6.45, 7) is 7.90. The first kappa shape index (κ1) is 23.6. The van der Waals surface area contributed by atoms with Gasteiger partial charge in [0.1, 0.15) is 5.00 Å². The molecule has 0 bridgehead atoms.